The smallest absolute Gasteiger partial charge is 0.128 e. The van der Waals surface area contributed by atoms with E-state index in [1.54, 1.807) is 6.07 Å². The van der Waals surface area contributed by atoms with E-state index >= 15 is 0 Å². The molecule has 1 atom stereocenters. The van der Waals surface area contributed by atoms with Crippen LogP contribution in [0.1, 0.15) is 30.5 Å². The van der Waals surface area contributed by atoms with Gasteiger partial charge in [-0.1, -0.05) is 19.1 Å². The average Bonchev–Trinajstić information content (AvgIpc) is 2.34. The van der Waals surface area contributed by atoms with Gasteiger partial charge in [-0.05, 0) is 25.0 Å². The minimum absolute atomic E-state index is 0.0598. The van der Waals surface area contributed by atoms with Crippen LogP contribution in [0.4, 0.5) is 4.39 Å². The van der Waals surface area contributed by atoms with E-state index < -0.39 is 0 Å². The molecule has 1 saturated heterocycles. The topological polar surface area (TPSA) is 15.3 Å². The molecule has 17 heavy (non-hydrogen) atoms. The Bertz CT molecular complexity index is 372. The lowest BCUT2D eigenvalue weighted by molar-refractivity contribution is 0.166. The fourth-order valence-corrected chi connectivity index (χ4v) is 2.57. The molecule has 1 aromatic carbocycles. The monoisotopic (exact) mass is 236 g/mol. The number of rotatable bonds is 3. The van der Waals surface area contributed by atoms with Crippen LogP contribution in [0.25, 0.3) is 0 Å². The molecule has 3 heteroatoms. The van der Waals surface area contributed by atoms with Crippen LogP contribution in [0.3, 0.4) is 0 Å². The first-order valence-corrected chi connectivity index (χ1v) is 6.43. The summed E-state index contributed by atoms with van der Waals surface area (Å²) >= 11 is 0. The van der Waals surface area contributed by atoms with E-state index in [9.17, 15) is 4.39 Å². The number of piperazine rings is 1. The number of nitrogens with zero attached hydrogens (tertiary/aromatic N) is 1. The molecule has 0 saturated carbocycles. The summed E-state index contributed by atoms with van der Waals surface area (Å²) in [6, 6.07) is 5.81. The third kappa shape index (κ3) is 2.85. The Labute approximate surface area is 103 Å². The highest BCUT2D eigenvalue weighted by molar-refractivity contribution is 5.26. The minimum Gasteiger partial charge on any atom is -0.314 e. The standard InChI is InChI=1S/C14H21FN2/c1-3-14(17-8-6-16-7-9-17)12-5-4-11(2)10-13(12)15/h4-5,10,14,16H,3,6-9H2,1-2H3/t14-/m0/s1. The number of aryl methyl sites for hydroxylation is 1. The Hall–Kier alpha value is -0.930. The Morgan fingerprint density at radius 2 is 2.06 bits per heavy atom. The lowest BCUT2D eigenvalue weighted by Crippen LogP contribution is -2.45. The van der Waals surface area contributed by atoms with Crippen LogP contribution in [-0.2, 0) is 0 Å². The van der Waals surface area contributed by atoms with Crippen LogP contribution in [0, 0.1) is 12.7 Å². The van der Waals surface area contributed by atoms with Crippen LogP contribution in [0.15, 0.2) is 18.2 Å². The Morgan fingerprint density at radius 1 is 1.35 bits per heavy atom. The Kier molecular flexibility index (Phi) is 4.13. The Balaban J connectivity index is 2.21. The van der Waals surface area contributed by atoms with Crippen molar-refractivity contribution in [1.29, 1.82) is 0 Å². The minimum atomic E-state index is -0.0598. The first-order chi connectivity index (χ1) is 8.22. The molecule has 0 aliphatic carbocycles. The van der Waals surface area contributed by atoms with E-state index in [0.29, 0.717) is 0 Å². The lowest BCUT2D eigenvalue weighted by atomic mass is 10.00. The molecular formula is C14H21FN2. The second kappa shape index (κ2) is 5.61. The van der Waals surface area contributed by atoms with Crippen LogP contribution in [0.5, 0.6) is 0 Å². The van der Waals surface area contributed by atoms with Gasteiger partial charge in [0.1, 0.15) is 5.82 Å². The highest BCUT2D eigenvalue weighted by Gasteiger charge is 2.22. The van der Waals surface area contributed by atoms with Gasteiger partial charge in [0, 0.05) is 37.8 Å². The van der Waals surface area contributed by atoms with Gasteiger partial charge in [0.15, 0.2) is 0 Å². The molecule has 1 heterocycles. The number of hydrogen-bond donors (Lipinski definition) is 1. The van der Waals surface area contributed by atoms with E-state index in [1.807, 2.05) is 19.1 Å². The van der Waals surface area contributed by atoms with Crippen LogP contribution in [0.2, 0.25) is 0 Å². The maximum atomic E-state index is 14.0. The highest BCUT2D eigenvalue weighted by atomic mass is 19.1. The van der Waals surface area contributed by atoms with Gasteiger partial charge in [0.2, 0.25) is 0 Å². The third-order valence-electron chi connectivity index (χ3n) is 3.49. The number of hydrogen-bond acceptors (Lipinski definition) is 2. The summed E-state index contributed by atoms with van der Waals surface area (Å²) in [5.74, 6) is -0.0598. The molecule has 0 aromatic heterocycles. The molecule has 1 aromatic rings. The van der Waals surface area contributed by atoms with Crippen molar-refractivity contribution in [3.05, 3.63) is 35.1 Å². The first kappa shape index (κ1) is 12.5. The molecule has 0 radical (unpaired) electrons. The van der Waals surface area contributed by atoms with Crippen molar-refractivity contribution in [3.8, 4) is 0 Å². The number of nitrogens with one attached hydrogen (secondary N) is 1. The van der Waals surface area contributed by atoms with Crippen molar-refractivity contribution >= 4 is 0 Å². The van der Waals surface area contributed by atoms with Crippen molar-refractivity contribution in [2.24, 2.45) is 0 Å². The predicted octanol–water partition coefficient (Wildman–Crippen LogP) is 2.49. The molecule has 0 amide bonds. The quantitative estimate of drug-likeness (QED) is 0.867. The van der Waals surface area contributed by atoms with E-state index in [0.717, 1.165) is 43.7 Å². The predicted molar refractivity (Wildman–Crippen MR) is 68.6 cm³/mol. The molecule has 1 aliphatic rings. The van der Waals surface area contributed by atoms with Gasteiger partial charge in [-0.3, -0.25) is 4.90 Å². The first-order valence-electron chi connectivity index (χ1n) is 6.43. The van der Waals surface area contributed by atoms with Crippen LogP contribution < -0.4 is 5.32 Å². The lowest BCUT2D eigenvalue weighted by Gasteiger charge is -2.34. The molecule has 0 bridgehead atoms. The van der Waals surface area contributed by atoms with Crippen molar-refractivity contribution in [3.63, 3.8) is 0 Å². The zero-order chi connectivity index (χ0) is 12.3. The van der Waals surface area contributed by atoms with Gasteiger partial charge in [-0.15, -0.1) is 0 Å². The molecule has 0 unspecified atom stereocenters. The average molecular weight is 236 g/mol. The summed E-state index contributed by atoms with van der Waals surface area (Å²) in [6.07, 6.45) is 0.958. The van der Waals surface area contributed by atoms with Gasteiger partial charge >= 0.3 is 0 Å². The summed E-state index contributed by atoms with van der Waals surface area (Å²) in [7, 11) is 0. The van der Waals surface area contributed by atoms with Crippen molar-refractivity contribution < 1.29 is 4.39 Å². The summed E-state index contributed by atoms with van der Waals surface area (Å²) in [5, 5.41) is 3.33. The maximum Gasteiger partial charge on any atom is 0.128 e. The van der Waals surface area contributed by atoms with E-state index in [4.69, 9.17) is 0 Å². The fourth-order valence-electron chi connectivity index (χ4n) is 2.57. The van der Waals surface area contributed by atoms with E-state index in [2.05, 4.69) is 17.1 Å². The largest absolute Gasteiger partial charge is 0.314 e. The van der Waals surface area contributed by atoms with Crippen molar-refractivity contribution in [1.82, 2.24) is 10.2 Å². The summed E-state index contributed by atoms with van der Waals surface area (Å²) in [6.45, 7) is 8.08. The normalized spacial score (nSPS) is 19.2. The molecule has 94 valence electrons. The summed E-state index contributed by atoms with van der Waals surface area (Å²) < 4.78 is 14.0. The van der Waals surface area contributed by atoms with E-state index in [1.165, 1.54) is 0 Å². The van der Waals surface area contributed by atoms with Crippen LogP contribution in [-0.4, -0.2) is 31.1 Å². The molecular weight excluding hydrogens is 215 g/mol. The van der Waals surface area contributed by atoms with Crippen molar-refractivity contribution in [2.45, 2.75) is 26.3 Å². The molecule has 0 spiro atoms. The summed E-state index contributed by atoms with van der Waals surface area (Å²) in [5.41, 5.74) is 1.83. The molecule has 1 fully saturated rings. The SMILES string of the molecule is CC[C@@H](c1ccc(C)cc1F)N1CCNCC1. The van der Waals surface area contributed by atoms with Gasteiger partial charge in [0.05, 0.1) is 0 Å². The van der Waals surface area contributed by atoms with Gasteiger partial charge in [-0.25, -0.2) is 4.39 Å². The van der Waals surface area contributed by atoms with Gasteiger partial charge in [0.25, 0.3) is 0 Å². The zero-order valence-corrected chi connectivity index (χ0v) is 10.7. The Morgan fingerprint density at radius 3 is 2.65 bits per heavy atom. The fraction of sp³-hybridized carbons (Fsp3) is 0.571. The van der Waals surface area contributed by atoms with Gasteiger partial charge in [-0.2, -0.15) is 0 Å². The molecule has 2 rings (SSSR count). The highest BCUT2D eigenvalue weighted by Crippen LogP contribution is 2.27. The van der Waals surface area contributed by atoms with Crippen molar-refractivity contribution in [2.75, 3.05) is 26.2 Å². The third-order valence-corrected chi connectivity index (χ3v) is 3.49. The molecule has 1 aliphatic heterocycles. The number of benzene rings is 1. The maximum absolute atomic E-state index is 14.0. The zero-order valence-electron chi connectivity index (χ0n) is 10.7. The summed E-state index contributed by atoms with van der Waals surface area (Å²) in [4.78, 5) is 2.38. The second-order valence-electron chi connectivity index (χ2n) is 4.73. The van der Waals surface area contributed by atoms with Gasteiger partial charge < -0.3 is 5.32 Å². The number of halogens is 1. The second-order valence-corrected chi connectivity index (χ2v) is 4.73. The molecule has 2 nitrogen and oxygen atoms in total. The molecule has 1 N–H and O–H groups in total. The van der Waals surface area contributed by atoms with E-state index in [-0.39, 0.29) is 11.9 Å². The van der Waals surface area contributed by atoms with Crippen LogP contribution >= 0.6 is 0 Å².